The van der Waals surface area contributed by atoms with E-state index in [1.807, 2.05) is 4.57 Å². The number of nitrogens with one attached hydrogen (secondary N) is 1. The molecule has 0 atom stereocenters. The number of nitrogens with two attached hydrogens (primary N) is 1. The maximum atomic E-state index is 13.6. The molecule has 0 spiro atoms. The summed E-state index contributed by atoms with van der Waals surface area (Å²) in [5.74, 6) is -0.921. The Morgan fingerprint density at radius 2 is 2.15 bits per heavy atom. The first kappa shape index (κ1) is 13.0. The molecule has 4 nitrogen and oxygen atoms in total. The Kier molecular flexibility index (Phi) is 3.14. The molecule has 0 aliphatic heterocycles. The Labute approximate surface area is 120 Å². The number of halogens is 2. The van der Waals surface area contributed by atoms with Crippen LogP contribution in [0.2, 0.25) is 5.02 Å². The summed E-state index contributed by atoms with van der Waals surface area (Å²) in [6, 6.07) is 5.93. The van der Waals surface area contributed by atoms with E-state index in [-0.39, 0.29) is 5.69 Å². The van der Waals surface area contributed by atoms with E-state index in [4.69, 9.17) is 17.3 Å². The Balaban J connectivity index is 1.87. The van der Waals surface area contributed by atoms with Crippen molar-refractivity contribution in [3.63, 3.8) is 0 Å². The zero-order chi connectivity index (χ0) is 14.3. The van der Waals surface area contributed by atoms with Crippen molar-refractivity contribution in [2.24, 2.45) is 0 Å². The van der Waals surface area contributed by atoms with E-state index in [1.165, 1.54) is 18.2 Å². The minimum atomic E-state index is -0.528. The number of hydrogen-bond acceptors (Lipinski definition) is 2. The number of benzene rings is 1. The number of aromatic nitrogens is 1. The molecule has 0 unspecified atom stereocenters. The van der Waals surface area contributed by atoms with Crippen LogP contribution < -0.4 is 11.1 Å². The minimum absolute atomic E-state index is 0.0598. The van der Waals surface area contributed by atoms with Crippen LogP contribution in [0.5, 0.6) is 0 Å². The molecule has 1 aliphatic rings. The van der Waals surface area contributed by atoms with Crippen LogP contribution in [0.15, 0.2) is 30.5 Å². The first-order valence-corrected chi connectivity index (χ1v) is 6.66. The van der Waals surface area contributed by atoms with Crippen molar-refractivity contribution in [1.29, 1.82) is 0 Å². The third kappa shape index (κ3) is 2.49. The van der Waals surface area contributed by atoms with Gasteiger partial charge in [0.15, 0.2) is 0 Å². The number of carbonyl (C=O) groups excluding carboxylic acids is 1. The first-order chi connectivity index (χ1) is 9.54. The molecule has 0 saturated heterocycles. The molecule has 104 valence electrons. The second-order valence-corrected chi connectivity index (χ2v) is 5.31. The zero-order valence-corrected chi connectivity index (χ0v) is 11.3. The predicted octanol–water partition coefficient (Wildman–Crippen LogP) is 3.45. The molecule has 0 radical (unpaired) electrons. The van der Waals surface area contributed by atoms with Crippen molar-refractivity contribution in [3.05, 3.63) is 47.0 Å². The number of rotatable bonds is 3. The third-order valence-corrected chi connectivity index (χ3v) is 3.45. The molecular formula is C14H13ClFN3O. The minimum Gasteiger partial charge on any atom is -0.397 e. The monoisotopic (exact) mass is 293 g/mol. The van der Waals surface area contributed by atoms with Crippen LogP contribution in [0.3, 0.4) is 0 Å². The van der Waals surface area contributed by atoms with E-state index in [9.17, 15) is 9.18 Å². The number of anilines is 2. The van der Waals surface area contributed by atoms with Crippen molar-refractivity contribution < 1.29 is 9.18 Å². The van der Waals surface area contributed by atoms with Crippen LogP contribution in [0.4, 0.5) is 15.8 Å². The lowest BCUT2D eigenvalue weighted by atomic mass is 10.3. The predicted molar refractivity (Wildman–Crippen MR) is 76.5 cm³/mol. The number of carbonyl (C=O) groups is 1. The van der Waals surface area contributed by atoms with Crippen LogP contribution in [-0.2, 0) is 0 Å². The van der Waals surface area contributed by atoms with Crippen LogP contribution in [0.25, 0.3) is 0 Å². The number of amides is 1. The first-order valence-electron chi connectivity index (χ1n) is 6.28. The molecule has 1 fully saturated rings. The summed E-state index contributed by atoms with van der Waals surface area (Å²) in [6.07, 6.45) is 3.79. The van der Waals surface area contributed by atoms with E-state index < -0.39 is 11.7 Å². The van der Waals surface area contributed by atoms with Gasteiger partial charge in [0.2, 0.25) is 0 Å². The molecule has 1 aromatic carbocycles. The summed E-state index contributed by atoms with van der Waals surface area (Å²) < 4.78 is 15.5. The van der Waals surface area contributed by atoms with Gasteiger partial charge in [-0.05, 0) is 37.1 Å². The summed E-state index contributed by atoms with van der Waals surface area (Å²) in [7, 11) is 0. The normalized spacial score (nSPS) is 14.3. The summed E-state index contributed by atoms with van der Waals surface area (Å²) in [4.78, 5) is 12.2. The second-order valence-electron chi connectivity index (χ2n) is 4.88. The third-order valence-electron chi connectivity index (χ3n) is 3.22. The standard InChI is InChI=1S/C14H13ClFN3O/c15-8-1-4-11(16)12(5-8)18-14(20)13-6-9(17)7-19(13)10-2-3-10/h1,4-7,10H,2-3,17H2,(H,18,20). The highest BCUT2D eigenvalue weighted by Crippen LogP contribution is 2.37. The SMILES string of the molecule is Nc1cc(C(=O)Nc2cc(Cl)ccc2F)n(C2CC2)c1. The van der Waals surface area contributed by atoms with E-state index in [0.29, 0.717) is 22.4 Å². The van der Waals surface area contributed by atoms with Gasteiger partial charge in [-0.15, -0.1) is 0 Å². The maximum absolute atomic E-state index is 13.6. The highest BCUT2D eigenvalue weighted by Gasteiger charge is 2.28. The van der Waals surface area contributed by atoms with Gasteiger partial charge >= 0.3 is 0 Å². The molecule has 3 rings (SSSR count). The molecule has 3 N–H and O–H groups in total. The van der Waals surface area contributed by atoms with Crippen LogP contribution in [0.1, 0.15) is 29.4 Å². The van der Waals surface area contributed by atoms with Gasteiger partial charge in [-0.3, -0.25) is 4.79 Å². The molecule has 1 aliphatic carbocycles. The lowest BCUT2D eigenvalue weighted by Crippen LogP contribution is -2.17. The van der Waals surface area contributed by atoms with Crippen molar-refractivity contribution in [2.75, 3.05) is 11.1 Å². The highest BCUT2D eigenvalue weighted by atomic mass is 35.5. The fourth-order valence-electron chi connectivity index (χ4n) is 2.12. The largest absolute Gasteiger partial charge is 0.397 e. The lowest BCUT2D eigenvalue weighted by molar-refractivity contribution is 0.101. The van der Waals surface area contributed by atoms with Gasteiger partial charge in [0, 0.05) is 17.3 Å². The molecule has 1 aromatic heterocycles. The maximum Gasteiger partial charge on any atom is 0.272 e. The molecule has 1 amide bonds. The fraction of sp³-hybridized carbons (Fsp3) is 0.214. The Morgan fingerprint density at radius 3 is 2.85 bits per heavy atom. The van der Waals surface area contributed by atoms with Gasteiger partial charge < -0.3 is 15.6 Å². The topological polar surface area (TPSA) is 60.1 Å². The van der Waals surface area contributed by atoms with Gasteiger partial charge in [-0.1, -0.05) is 11.6 Å². The van der Waals surface area contributed by atoms with Crippen molar-refractivity contribution >= 4 is 28.9 Å². The summed E-state index contributed by atoms with van der Waals surface area (Å²) in [5.41, 5.74) is 6.75. The average molecular weight is 294 g/mol. The number of hydrogen-bond donors (Lipinski definition) is 2. The van der Waals surface area contributed by atoms with Crippen molar-refractivity contribution in [2.45, 2.75) is 18.9 Å². The summed E-state index contributed by atoms with van der Waals surface area (Å²) in [6.45, 7) is 0. The van der Waals surface area contributed by atoms with Crippen molar-refractivity contribution in [3.8, 4) is 0 Å². The van der Waals surface area contributed by atoms with Crippen LogP contribution in [-0.4, -0.2) is 10.5 Å². The van der Waals surface area contributed by atoms with Gasteiger partial charge in [-0.2, -0.15) is 0 Å². The van der Waals surface area contributed by atoms with Crippen molar-refractivity contribution in [1.82, 2.24) is 4.57 Å². The number of nitrogens with zero attached hydrogens (tertiary/aromatic N) is 1. The average Bonchev–Trinajstić information content (AvgIpc) is 3.17. The molecule has 2 aromatic rings. The van der Waals surface area contributed by atoms with E-state index in [0.717, 1.165) is 12.8 Å². The molecule has 0 bridgehead atoms. The smallest absolute Gasteiger partial charge is 0.272 e. The van der Waals surface area contributed by atoms with Crippen LogP contribution >= 0.6 is 11.6 Å². The van der Waals surface area contributed by atoms with E-state index >= 15 is 0 Å². The zero-order valence-electron chi connectivity index (χ0n) is 10.6. The van der Waals surface area contributed by atoms with Crippen LogP contribution in [0, 0.1) is 5.82 Å². The summed E-state index contributed by atoms with van der Waals surface area (Å²) in [5, 5.41) is 2.89. The number of nitrogen functional groups attached to an aromatic ring is 1. The molecule has 1 heterocycles. The Bertz CT molecular complexity index is 679. The molecule has 6 heteroatoms. The van der Waals surface area contributed by atoms with Gasteiger partial charge in [-0.25, -0.2) is 4.39 Å². The quantitative estimate of drug-likeness (QED) is 0.910. The molecule has 20 heavy (non-hydrogen) atoms. The fourth-order valence-corrected chi connectivity index (χ4v) is 2.29. The Morgan fingerprint density at radius 1 is 1.40 bits per heavy atom. The van der Waals surface area contributed by atoms with Gasteiger partial charge in [0.1, 0.15) is 11.5 Å². The lowest BCUT2D eigenvalue weighted by Gasteiger charge is -2.09. The second kappa shape index (κ2) is 4.83. The summed E-state index contributed by atoms with van der Waals surface area (Å²) >= 11 is 5.80. The van der Waals surface area contributed by atoms with Gasteiger partial charge in [0.05, 0.1) is 11.4 Å². The van der Waals surface area contributed by atoms with E-state index in [2.05, 4.69) is 5.32 Å². The van der Waals surface area contributed by atoms with Gasteiger partial charge in [0.25, 0.3) is 5.91 Å². The van der Waals surface area contributed by atoms with E-state index in [1.54, 1.807) is 12.3 Å². The molecule has 1 saturated carbocycles. The highest BCUT2D eigenvalue weighted by molar-refractivity contribution is 6.31. The Hall–Kier alpha value is -2.01. The molecular weight excluding hydrogens is 281 g/mol.